The Hall–Kier alpha value is -2.24. The number of amides is 1. The van der Waals surface area contributed by atoms with Crippen LogP contribution in [0, 0.1) is 6.92 Å². The van der Waals surface area contributed by atoms with Gasteiger partial charge in [0.25, 0.3) is 0 Å². The van der Waals surface area contributed by atoms with E-state index in [0.717, 1.165) is 5.69 Å². The normalized spacial score (nSPS) is 12.1. The molecule has 0 saturated heterocycles. The lowest BCUT2D eigenvalue weighted by molar-refractivity contribution is 0.126. The molecule has 6 heteroatoms. The molecule has 1 amide bonds. The first-order valence-electron chi connectivity index (χ1n) is 5.48. The van der Waals surface area contributed by atoms with Crippen LogP contribution in [-0.2, 0) is 4.74 Å². The highest BCUT2D eigenvalue weighted by Crippen LogP contribution is 2.07. The zero-order chi connectivity index (χ0) is 13.5. The van der Waals surface area contributed by atoms with Gasteiger partial charge in [-0.15, -0.1) is 0 Å². The van der Waals surface area contributed by atoms with Crippen molar-refractivity contribution in [3.63, 3.8) is 0 Å². The molecule has 1 aromatic heterocycles. The van der Waals surface area contributed by atoms with Crippen molar-refractivity contribution < 1.29 is 9.53 Å². The molecule has 0 unspecified atom stereocenters. The number of nitrogens with two attached hydrogens (primary N) is 1. The van der Waals surface area contributed by atoms with E-state index in [0.29, 0.717) is 11.3 Å². The van der Waals surface area contributed by atoms with Gasteiger partial charge in [-0.05, 0) is 20.8 Å². The van der Waals surface area contributed by atoms with Gasteiger partial charge in [0.1, 0.15) is 0 Å². The van der Waals surface area contributed by atoms with Crippen LogP contribution in [0.5, 0.6) is 0 Å². The number of aliphatic imine (C=N–C) groups is 1. The fourth-order valence-corrected chi connectivity index (χ4v) is 1.15. The van der Waals surface area contributed by atoms with E-state index in [4.69, 9.17) is 10.5 Å². The average Bonchev–Trinajstić information content (AvgIpc) is 2.29. The summed E-state index contributed by atoms with van der Waals surface area (Å²) in [7, 11) is 0. The van der Waals surface area contributed by atoms with Crippen molar-refractivity contribution in [2.45, 2.75) is 26.9 Å². The molecular weight excluding hydrogens is 232 g/mol. The number of nitrogens with zero attached hydrogens (tertiary/aromatic N) is 3. The van der Waals surface area contributed by atoms with Gasteiger partial charge in [-0.3, -0.25) is 4.98 Å². The molecule has 2 N–H and O–H groups in total. The SMILES string of the molecule is Cc1cncc(C(=C/N)/C=N/C(=O)OC(C)C)n1. The highest BCUT2D eigenvalue weighted by atomic mass is 16.6. The van der Waals surface area contributed by atoms with Crippen LogP contribution in [0.3, 0.4) is 0 Å². The number of rotatable bonds is 3. The molecule has 0 aliphatic heterocycles. The minimum atomic E-state index is -0.662. The minimum absolute atomic E-state index is 0.210. The van der Waals surface area contributed by atoms with E-state index < -0.39 is 6.09 Å². The Morgan fingerprint density at radius 3 is 2.78 bits per heavy atom. The third-order valence-electron chi connectivity index (χ3n) is 1.88. The number of carbonyl (C=O) groups is 1. The van der Waals surface area contributed by atoms with Crippen LogP contribution >= 0.6 is 0 Å². The van der Waals surface area contributed by atoms with E-state index >= 15 is 0 Å². The van der Waals surface area contributed by atoms with Crippen molar-refractivity contribution in [2.75, 3.05) is 0 Å². The molecule has 6 nitrogen and oxygen atoms in total. The van der Waals surface area contributed by atoms with Gasteiger partial charge in [0.2, 0.25) is 0 Å². The molecule has 0 atom stereocenters. The maximum Gasteiger partial charge on any atom is 0.433 e. The van der Waals surface area contributed by atoms with Gasteiger partial charge in [0.15, 0.2) is 0 Å². The summed E-state index contributed by atoms with van der Waals surface area (Å²) in [6.45, 7) is 5.31. The Labute approximate surface area is 106 Å². The van der Waals surface area contributed by atoms with E-state index in [1.165, 1.54) is 12.4 Å². The first-order chi connectivity index (χ1) is 8.52. The fourth-order valence-electron chi connectivity index (χ4n) is 1.15. The monoisotopic (exact) mass is 248 g/mol. The highest BCUT2D eigenvalue weighted by molar-refractivity contribution is 6.11. The minimum Gasteiger partial charge on any atom is -0.445 e. The van der Waals surface area contributed by atoms with E-state index in [2.05, 4.69) is 15.0 Å². The van der Waals surface area contributed by atoms with Crippen LogP contribution in [0.25, 0.3) is 5.57 Å². The molecule has 0 aliphatic rings. The summed E-state index contributed by atoms with van der Waals surface area (Å²) in [5.74, 6) is 0. The Kier molecular flexibility index (Phi) is 4.98. The van der Waals surface area contributed by atoms with Gasteiger partial charge >= 0.3 is 6.09 Å². The summed E-state index contributed by atoms with van der Waals surface area (Å²) < 4.78 is 4.86. The lowest BCUT2D eigenvalue weighted by Gasteiger charge is -2.04. The predicted molar refractivity (Wildman–Crippen MR) is 69.0 cm³/mol. The van der Waals surface area contributed by atoms with Gasteiger partial charge in [-0.2, -0.15) is 4.99 Å². The quantitative estimate of drug-likeness (QED) is 0.822. The fraction of sp³-hybridized carbons (Fsp3) is 0.333. The second-order valence-electron chi connectivity index (χ2n) is 3.86. The summed E-state index contributed by atoms with van der Waals surface area (Å²) in [6.07, 6.45) is 4.93. The lowest BCUT2D eigenvalue weighted by atomic mass is 10.2. The van der Waals surface area contributed by atoms with E-state index in [-0.39, 0.29) is 6.10 Å². The maximum absolute atomic E-state index is 11.2. The number of aryl methyl sites for hydroxylation is 1. The van der Waals surface area contributed by atoms with Crippen molar-refractivity contribution in [3.05, 3.63) is 30.0 Å². The first-order valence-corrected chi connectivity index (χ1v) is 5.48. The zero-order valence-corrected chi connectivity index (χ0v) is 10.6. The molecule has 0 saturated carbocycles. The van der Waals surface area contributed by atoms with E-state index in [1.807, 2.05) is 6.92 Å². The van der Waals surface area contributed by atoms with Crippen LogP contribution in [0.2, 0.25) is 0 Å². The van der Waals surface area contributed by atoms with Crippen molar-refractivity contribution in [3.8, 4) is 0 Å². The Morgan fingerprint density at radius 1 is 1.50 bits per heavy atom. The van der Waals surface area contributed by atoms with Crippen LogP contribution in [0.4, 0.5) is 4.79 Å². The maximum atomic E-state index is 11.2. The molecule has 0 spiro atoms. The molecule has 0 aromatic carbocycles. The standard InChI is InChI=1S/C12H16N4O2/c1-8(2)18-12(17)15-6-10(4-13)11-7-14-5-9(3)16-11/h4-8H,13H2,1-3H3/b10-4+,15-6+. The average molecular weight is 248 g/mol. The van der Waals surface area contributed by atoms with Crippen molar-refractivity contribution >= 4 is 17.9 Å². The van der Waals surface area contributed by atoms with Gasteiger partial charge < -0.3 is 10.5 Å². The number of allylic oxidation sites excluding steroid dienone is 1. The number of ether oxygens (including phenoxy) is 1. The topological polar surface area (TPSA) is 90.5 Å². The molecule has 18 heavy (non-hydrogen) atoms. The second kappa shape index (κ2) is 6.48. The van der Waals surface area contributed by atoms with Crippen LogP contribution in [0.15, 0.2) is 23.6 Å². The van der Waals surface area contributed by atoms with Crippen LogP contribution in [-0.4, -0.2) is 28.4 Å². The molecule has 1 rings (SSSR count). The van der Waals surface area contributed by atoms with Crippen LogP contribution in [0.1, 0.15) is 25.2 Å². The Balaban J connectivity index is 2.81. The van der Waals surface area contributed by atoms with Gasteiger partial charge in [-0.1, -0.05) is 0 Å². The van der Waals surface area contributed by atoms with Crippen molar-refractivity contribution in [2.24, 2.45) is 10.7 Å². The molecule has 1 aromatic rings. The zero-order valence-electron chi connectivity index (χ0n) is 10.6. The summed E-state index contributed by atoms with van der Waals surface area (Å²) in [4.78, 5) is 23.1. The summed E-state index contributed by atoms with van der Waals surface area (Å²) in [5, 5.41) is 0. The molecule has 96 valence electrons. The number of carbonyl (C=O) groups excluding carboxylic acids is 1. The van der Waals surface area contributed by atoms with Gasteiger partial charge in [-0.25, -0.2) is 9.78 Å². The van der Waals surface area contributed by atoms with E-state index in [9.17, 15) is 4.79 Å². The molecule has 0 fully saturated rings. The largest absolute Gasteiger partial charge is 0.445 e. The second-order valence-corrected chi connectivity index (χ2v) is 3.86. The molecular formula is C12H16N4O2. The molecule has 0 aliphatic carbocycles. The summed E-state index contributed by atoms with van der Waals surface area (Å²) >= 11 is 0. The molecule has 1 heterocycles. The smallest absolute Gasteiger partial charge is 0.433 e. The van der Waals surface area contributed by atoms with Crippen molar-refractivity contribution in [1.29, 1.82) is 0 Å². The van der Waals surface area contributed by atoms with Gasteiger partial charge in [0.05, 0.1) is 23.7 Å². The first kappa shape index (κ1) is 13.8. The third kappa shape index (κ3) is 4.32. The predicted octanol–water partition coefficient (Wildman–Crippen LogP) is 1.70. The van der Waals surface area contributed by atoms with Crippen molar-refractivity contribution in [1.82, 2.24) is 9.97 Å². The van der Waals surface area contributed by atoms with Gasteiger partial charge in [0, 0.05) is 24.2 Å². The number of hydrogen-bond acceptors (Lipinski definition) is 5. The Bertz CT molecular complexity index is 481. The summed E-state index contributed by atoms with van der Waals surface area (Å²) in [6, 6.07) is 0. The summed E-state index contributed by atoms with van der Waals surface area (Å²) in [5.41, 5.74) is 7.28. The lowest BCUT2D eigenvalue weighted by Crippen LogP contribution is -2.08. The highest BCUT2D eigenvalue weighted by Gasteiger charge is 2.04. The Morgan fingerprint density at radius 2 is 2.22 bits per heavy atom. The van der Waals surface area contributed by atoms with E-state index in [1.54, 1.807) is 26.2 Å². The molecule has 0 bridgehead atoms. The number of aromatic nitrogens is 2. The molecule has 0 radical (unpaired) electrons. The third-order valence-corrected chi connectivity index (χ3v) is 1.88. The number of hydrogen-bond donors (Lipinski definition) is 1. The van der Waals surface area contributed by atoms with Crippen LogP contribution < -0.4 is 5.73 Å².